The van der Waals surface area contributed by atoms with E-state index in [0.29, 0.717) is 12.8 Å². The molecule has 0 bridgehead atoms. The van der Waals surface area contributed by atoms with Gasteiger partial charge in [0.25, 0.3) is 0 Å². The Bertz CT molecular complexity index is 214. The fourth-order valence-corrected chi connectivity index (χ4v) is 1.68. The van der Waals surface area contributed by atoms with E-state index in [1.807, 2.05) is 0 Å². The van der Waals surface area contributed by atoms with Crippen LogP contribution in [0.25, 0.3) is 0 Å². The van der Waals surface area contributed by atoms with Gasteiger partial charge in [-0.1, -0.05) is 19.3 Å². The smallest absolute Gasteiger partial charge is 0.247 e. The first-order valence-corrected chi connectivity index (χ1v) is 6.01. The summed E-state index contributed by atoms with van der Waals surface area (Å²) in [5.74, 6) is -0.125. The molecule has 0 saturated heterocycles. The van der Waals surface area contributed by atoms with Crippen LogP contribution in [0.1, 0.15) is 32.1 Å². The number of aliphatic hydroxyl groups is 1. The van der Waals surface area contributed by atoms with Crippen LogP contribution in [-0.4, -0.2) is 38.0 Å². The van der Waals surface area contributed by atoms with Gasteiger partial charge < -0.3 is 20.5 Å². The molecule has 5 nitrogen and oxygen atoms in total. The molecule has 0 unspecified atom stereocenters. The average Bonchev–Trinajstić information content (AvgIpc) is 2.40. The van der Waals surface area contributed by atoms with Crippen molar-refractivity contribution in [1.29, 1.82) is 0 Å². The summed E-state index contributed by atoms with van der Waals surface area (Å²) in [6.07, 6.45) is 9.45. The molecule has 1 rings (SSSR count). The van der Waals surface area contributed by atoms with Crippen LogP contribution >= 0.6 is 0 Å². The summed E-state index contributed by atoms with van der Waals surface area (Å²) in [7, 11) is 2.75. The van der Waals surface area contributed by atoms with Crippen LogP contribution in [-0.2, 0) is 9.53 Å². The monoisotopic (exact) mass is 244 g/mol. The Balaban J connectivity index is 0.00000121. The first kappa shape index (κ1) is 15.9. The molecule has 1 saturated carbocycles. The zero-order valence-corrected chi connectivity index (χ0v) is 10.7. The number of carbonyl (C=O) groups excluding carboxylic acids is 1. The van der Waals surface area contributed by atoms with Gasteiger partial charge in [0, 0.05) is 26.4 Å². The first-order valence-electron chi connectivity index (χ1n) is 6.01. The molecule has 1 amide bonds. The number of hydrogen-bond donors (Lipinski definition) is 3. The molecular weight excluding hydrogens is 220 g/mol. The Morgan fingerprint density at radius 2 is 2.00 bits per heavy atom. The Morgan fingerprint density at radius 3 is 2.59 bits per heavy atom. The standard InChI is InChI=1S/C11H20N2O2.CH4O/c1-12-8-7-11(14)13-9-15-10-5-3-2-4-6-10;1-2/h7-8,10,12H,2-6,9H2,1H3,(H,13,14);2H,1H3/b8-7-;. The van der Waals surface area contributed by atoms with Crippen molar-refractivity contribution in [3.05, 3.63) is 12.3 Å². The quantitative estimate of drug-likeness (QED) is 0.493. The normalized spacial score (nSPS) is 16.2. The fourth-order valence-electron chi connectivity index (χ4n) is 1.68. The van der Waals surface area contributed by atoms with Gasteiger partial charge in [-0.15, -0.1) is 0 Å². The van der Waals surface area contributed by atoms with E-state index in [-0.39, 0.29) is 5.91 Å². The van der Waals surface area contributed by atoms with Crippen molar-refractivity contribution in [2.45, 2.75) is 38.2 Å². The molecule has 0 aromatic carbocycles. The highest BCUT2D eigenvalue weighted by Gasteiger charge is 2.13. The van der Waals surface area contributed by atoms with Crippen LogP contribution in [0.3, 0.4) is 0 Å². The van der Waals surface area contributed by atoms with Gasteiger partial charge in [-0.2, -0.15) is 0 Å². The second-order valence-corrected chi connectivity index (χ2v) is 3.73. The van der Waals surface area contributed by atoms with Crippen LogP contribution in [0.15, 0.2) is 12.3 Å². The van der Waals surface area contributed by atoms with Crippen molar-refractivity contribution in [1.82, 2.24) is 10.6 Å². The largest absolute Gasteiger partial charge is 0.400 e. The predicted molar refractivity (Wildman–Crippen MR) is 67.3 cm³/mol. The van der Waals surface area contributed by atoms with Crippen molar-refractivity contribution >= 4 is 5.91 Å². The molecule has 5 heteroatoms. The van der Waals surface area contributed by atoms with E-state index < -0.39 is 0 Å². The topological polar surface area (TPSA) is 70.6 Å². The molecule has 0 radical (unpaired) electrons. The molecule has 1 aliphatic rings. The summed E-state index contributed by atoms with van der Waals surface area (Å²) >= 11 is 0. The Kier molecular flexibility index (Phi) is 10.7. The molecule has 0 heterocycles. The predicted octanol–water partition coefficient (Wildman–Crippen LogP) is 0.751. The third-order valence-corrected chi connectivity index (χ3v) is 2.52. The summed E-state index contributed by atoms with van der Waals surface area (Å²) in [6, 6.07) is 0. The molecule has 1 fully saturated rings. The first-order chi connectivity index (χ1) is 8.33. The van der Waals surface area contributed by atoms with Gasteiger partial charge in [0.2, 0.25) is 5.91 Å². The van der Waals surface area contributed by atoms with Crippen molar-refractivity contribution in [2.75, 3.05) is 20.9 Å². The fraction of sp³-hybridized carbons (Fsp3) is 0.750. The molecule has 100 valence electrons. The number of nitrogens with one attached hydrogen (secondary N) is 2. The molecule has 0 aromatic heterocycles. The van der Waals surface area contributed by atoms with Gasteiger partial charge in [-0.25, -0.2) is 0 Å². The molecule has 0 atom stereocenters. The lowest BCUT2D eigenvalue weighted by atomic mass is 9.98. The van der Waals surface area contributed by atoms with E-state index in [9.17, 15) is 4.79 Å². The van der Waals surface area contributed by atoms with Crippen molar-refractivity contribution in [3.8, 4) is 0 Å². The third kappa shape index (κ3) is 8.71. The van der Waals surface area contributed by atoms with Gasteiger partial charge in [0.15, 0.2) is 0 Å². The summed E-state index contributed by atoms with van der Waals surface area (Å²) in [5, 5.41) is 12.4. The lowest BCUT2D eigenvalue weighted by Gasteiger charge is -2.21. The maximum atomic E-state index is 11.1. The highest BCUT2D eigenvalue weighted by Crippen LogP contribution is 2.19. The summed E-state index contributed by atoms with van der Waals surface area (Å²) in [4.78, 5) is 11.1. The van der Waals surface area contributed by atoms with E-state index >= 15 is 0 Å². The molecule has 3 N–H and O–H groups in total. The lowest BCUT2D eigenvalue weighted by molar-refractivity contribution is -0.119. The zero-order valence-electron chi connectivity index (χ0n) is 10.7. The van der Waals surface area contributed by atoms with Gasteiger partial charge in [0.1, 0.15) is 6.73 Å². The summed E-state index contributed by atoms with van der Waals surface area (Å²) < 4.78 is 5.55. The minimum atomic E-state index is -0.125. The van der Waals surface area contributed by atoms with Crippen molar-refractivity contribution in [2.24, 2.45) is 0 Å². The van der Waals surface area contributed by atoms with Crippen molar-refractivity contribution < 1.29 is 14.6 Å². The van der Waals surface area contributed by atoms with Crippen molar-refractivity contribution in [3.63, 3.8) is 0 Å². The van der Waals surface area contributed by atoms with E-state index in [1.54, 1.807) is 13.2 Å². The van der Waals surface area contributed by atoms with E-state index in [0.717, 1.165) is 20.0 Å². The maximum Gasteiger partial charge on any atom is 0.247 e. The van der Waals surface area contributed by atoms with Crippen LogP contribution < -0.4 is 10.6 Å². The van der Waals surface area contributed by atoms with E-state index in [4.69, 9.17) is 9.84 Å². The van der Waals surface area contributed by atoms with E-state index in [2.05, 4.69) is 10.6 Å². The molecule has 0 aliphatic heterocycles. The molecule has 0 aromatic rings. The van der Waals surface area contributed by atoms with Gasteiger partial charge in [-0.05, 0) is 12.8 Å². The molecule has 1 aliphatic carbocycles. The Labute approximate surface area is 103 Å². The maximum absolute atomic E-state index is 11.1. The van der Waals surface area contributed by atoms with E-state index in [1.165, 1.54) is 25.3 Å². The Hall–Kier alpha value is -1.07. The second kappa shape index (κ2) is 11.4. The van der Waals surface area contributed by atoms with Crippen LogP contribution in [0, 0.1) is 0 Å². The number of ether oxygens (including phenoxy) is 1. The SMILES string of the molecule is CN/C=C\C(=O)NCOC1CCCCC1.CO. The molecule has 17 heavy (non-hydrogen) atoms. The lowest BCUT2D eigenvalue weighted by Crippen LogP contribution is -2.28. The number of aliphatic hydroxyl groups excluding tert-OH is 1. The highest BCUT2D eigenvalue weighted by molar-refractivity contribution is 5.87. The number of rotatable bonds is 5. The van der Waals surface area contributed by atoms with Gasteiger partial charge in [-0.3, -0.25) is 4.79 Å². The minimum Gasteiger partial charge on any atom is -0.400 e. The number of carbonyl (C=O) groups is 1. The zero-order chi connectivity index (χ0) is 12.9. The molecular formula is C12H24N2O3. The third-order valence-electron chi connectivity index (χ3n) is 2.52. The number of hydrogen-bond acceptors (Lipinski definition) is 4. The molecule has 0 spiro atoms. The van der Waals surface area contributed by atoms with Gasteiger partial charge in [0.05, 0.1) is 6.10 Å². The van der Waals surface area contributed by atoms with Crippen LogP contribution in [0.2, 0.25) is 0 Å². The minimum absolute atomic E-state index is 0.125. The average molecular weight is 244 g/mol. The second-order valence-electron chi connectivity index (χ2n) is 3.73. The summed E-state index contributed by atoms with van der Waals surface area (Å²) in [5.41, 5.74) is 0. The number of amides is 1. The summed E-state index contributed by atoms with van der Waals surface area (Å²) in [6.45, 7) is 0.317. The van der Waals surface area contributed by atoms with Gasteiger partial charge >= 0.3 is 0 Å². The van der Waals surface area contributed by atoms with Crippen LogP contribution in [0.5, 0.6) is 0 Å². The highest BCUT2D eigenvalue weighted by atomic mass is 16.5. The Morgan fingerprint density at radius 1 is 1.35 bits per heavy atom. The van der Waals surface area contributed by atoms with Crippen LogP contribution in [0.4, 0.5) is 0 Å².